The van der Waals surface area contributed by atoms with Gasteiger partial charge in [-0.05, 0) is 42.0 Å². The second-order valence-electron chi connectivity index (χ2n) is 6.17. The summed E-state index contributed by atoms with van der Waals surface area (Å²) in [6, 6.07) is 22.9. The number of halogens is 1. The highest BCUT2D eigenvalue weighted by atomic mass is 35.5. The van der Waals surface area contributed by atoms with E-state index in [2.05, 4.69) is 0 Å². The molecule has 0 spiro atoms. The Bertz CT molecular complexity index is 1020. The maximum Gasteiger partial charge on any atom is 0.339 e. The summed E-state index contributed by atoms with van der Waals surface area (Å²) in [5.41, 5.74) is 2.17. The molecule has 3 rings (SSSR count). The minimum Gasteiger partial charge on any atom is -0.496 e. The topological polar surface area (TPSA) is 52.6 Å². The smallest absolute Gasteiger partial charge is 0.339 e. The van der Waals surface area contributed by atoms with Crippen molar-refractivity contribution in [2.45, 2.75) is 0 Å². The van der Waals surface area contributed by atoms with Crippen LogP contribution in [0, 0.1) is 0 Å². The van der Waals surface area contributed by atoms with Crippen LogP contribution in [0.1, 0.15) is 21.5 Å². The third-order valence-electron chi connectivity index (χ3n) is 4.24. The van der Waals surface area contributed by atoms with Crippen LogP contribution in [0.3, 0.4) is 0 Å². The first-order valence-electron chi connectivity index (χ1n) is 8.94. The first-order valence-corrected chi connectivity index (χ1v) is 9.32. The van der Waals surface area contributed by atoms with E-state index in [0.717, 1.165) is 5.56 Å². The zero-order valence-electron chi connectivity index (χ0n) is 15.8. The van der Waals surface area contributed by atoms with Gasteiger partial charge in [-0.1, -0.05) is 60.1 Å². The van der Waals surface area contributed by atoms with E-state index in [0.29, 0.717) is 27.5 Å². The third-order valence-corrected chi connectivity index (χ3v) is 4.50. The molecule has 29 heavy (non-hydrogen) atoms. The molecule has 0 radical (unpaired) electrons. The molecule has 0 saturated heterocycles. The number of carbonyl (C=O) groups excluding carboxylic acids is 2. The van der Waals surface area contributed by atoms with Crippen LogP contribution in [0.5, 0.6) is 5.75 Å². The predicted octanol–water partition coefficient (Wildman–Crippen LogP) is 5.32. The molecule has 0 heterocycles. The van der Waals surface area contributed by atoms with Gasteiger partial charge in [0, 0.05) is 16.1 Å². The van der Waals surface area contributed by atoms with Gasteiger partial charge in [0.2, 0.25) is 0 Å². The fourth-order valence-corrected chi connectivity index (χ4v) is 2.87. The lowest BCUT2D eigenvalue weighted by Crippen LogP contribution is -2.15. The number of ketones is 1. The van der Waals surface area contributed by atoms with Crippen molar-refractivity contribution in [2.75, 3.05) is 13.7 Å². The molecule has 0 aromatic heterocycles. The zero-order valence-corrected chi connectivity index (χ0v) is 16.6. The van der Waals surface area contributed by atoms with Crippen molar-refractivity contribution in [3.8, 4) is 5.75 Å². The molecule has 0 fully saturated rings. The maximum absolute atomic E-state index is 12.8. The van der Waals surface area contributed by atoms with Crippen LogP contribution in [0.25, 0.3) is 11.6 Å². The molecule has 0 atom stereocenters. The Morgan fingerprint density at radius 2 is 1.52 bits per heavy atom. The minimum absolute atomic E-state index is 0.306. The minimum atomic E-state index is -0.593. The molecule has 0 aliphatic heterocycles. The van der Waals surface area contributed by atoms with Crippen LogP contribution in [-0.4, -0.2) is 25.5 Å². The lowest BCUT2D eigenvalue weighted by atomic mass is 10.0. The second kappa shape index (κ2) is 9.71. The Morgan fingerprint density at radius 3 is 2.21 bits per heavy atom. The van der Waals surface area contributed by atoms with Crippen LogP contribution < -0.4 is 4.74 Å². The molecule has 0 amide bonds. The monoisotopic (exact) mass is 406 g/mol. The zero-order chi connectivity index (χ0) is 20.6. The summed E-state index contributed by atoms with van der Waals surface area (Å²) in [6.07, 6.45) is 1.70. The molecule has 3 aromatic rings. The average Bonchev–Trinajstić information content (AvgIpc) is 2.77. The molecule has 0 N–H and O–H groups in total. The van der Waals surface area contributed by atoms with Crippen molar-refractivity contribution in [2.24, 2.45) is 0 Å². The van der Waals surface area contributed by atoms with Crippen molar-refractivity contribution < 1.29 is 19.1 Å². The lowest BCUT2D eigenvalue weighted by molar-refractivity contribution is -0.135. The van der Waals surface area contributed by atoms with Gasteiger partial charge >= 0.3 is 5.97 Å². The number of carbonyl (C=O) groups is 2. The van der Waals surface area contributed by atoms with Gasteiger partial charge in [-0.3, -0.25) is 4.79 Å². The predicted molar refractivity (Wildman–Crippen MR) is 114 cm³/mol. The fourth-order valence-electron chi connectivity index (χ4n) is 2.75. The summed E-state index contributed by atoms with van der Waals surface area (Å²) in [7, 11) is 1.57. The lowest BCUT2D eigenvalue weighted by Gasteiger charge is -2.10. The van der Waals surface area contributed by atoms with E-state index in [-0.39, 0.29) is 12.4 Å². The number of esters is 1. The molecular weight excluding hydrogens is 388 g/mol. The number of ether oxygens (including phenoxy) is 2. The third kappa shape index (κ3) is 5.33. The second-order valence-corrected chi connectivity index (χ2v) is 6.61. The molecule has 146 valence electrons. The van der Waals surface area contributed by atoms with Crippen LogP contribution in [0.15, 0.2) is 78.9 Å². The van der Waals surface area contributed by atoms with Gasteiger partial charge in [0.15, 0.2) is 12.4 Å². The average molecular weight is 407 g/mol. The van der Waals surface area contributed by atoms with Crippen molar-refractivity contribution >= 4 is 35.0 Å². The first kappa shape index (κ1) is 20.4. The first-order chi connectivity index (χ1) is 14.1. The summed E-state index contributed by atoms with van der Waals surface area (Å²) < 4.78 is 10.7. The molecule has 0 bridgehead atoms. The molecule has 5 heteroatoms. The van der Waals surface area contributed by atoms with Crippen molar-refractivity contribution in [3.05, 3.63) is 101 Å². The summed E-state index contributed by atoms with van der Waals surface area (Å²) in [5.74, 6) is -0.268. The molecule has 4 nitrogen and oxygen atoms in total. The SMILES string of the molecule is COc1ccccc1/C=C(/C(=O)OCC(=O)c1ccc(Cl)cc1)c1ccccc1. The van der Waals surface area contributed by atoms with Gasteiger partial charge in [0.1, 0.15) is 5.75 Å². The van der Waals surface area contributed by atoms with E-state index in [4.69, 9.17) is 21.1 Å². The molecule has 0 saturated carbocycles. The highest BCUT2D eigenvalue weighted by Crippen LogP contribution is 2.25. The summed E-state index contributed by atoms with van der Waals surface area (Å²) >= 11 is 5.84. The van der Waals surface area contributed by atoms with Gasteiger partial charge in [-0.15, -0.1) is 0 Å². The molecule has 0 unspecified atom stereocenters. The summed E-state index contributed by atoms with van der Waals surface area (Å²) in [5, 5.41) is 0.532. The van der Waals surface area contributed by atoms with E-state index in [1.54, 1.807) is 37.5 Å². The van der Waals surface area contributed by atoms with Crippen LogP contribution >= 0.6 is 11.6 Å². The number of benzene rings is 3. The van der Waals surface area contributed by atoms with Gasteiger partial charge < -0.3 is 9.47 Å². The quantitative estimate of drug-likeness (QED) is 0.231. The van der Waals surface area contributed by atoms with Gasteiger partial charge in [0.05, 0.1) is 12.7 Å². The van der Waals surface area contributed by atoms with Crippen LogP contribution in [-0.2, 0) is 9.53 Å². The highest BCUT2D eigenvalue weighted by molar-refractivity contribution is 6.30. The standard InChI is InChI=1S/C24H19ClO4/c1-28-23-10-6-5-9-19(23)15-21(17-7-3-2-4-8-17)24(27)29-16-22(26)18-11-13-20(25)14-12-18/h2-15H,16H2,1H3/b21-15+. The van der Waals surface area contributed by atoms with Crippen molar-refractivity contribution in [1.82, 2.24) is 0 Å². The number of rotatable bonds is 7. The highest BCUT2D eigenvalue weighted by Gasteiger charge is 2.17. The molecule has 3 aromatic carbocycles. The van der Waals surface area contributed by atoms with Gasteiger partial charge in [0.25, 0.3) is 0 Å². The Morgan fingerprint density at radius 1 is 0.862 bits per heavy atom. The van der Waals surface area contributed by atoms with E-state index in [1.165, 1.54) is 0 Å². The molecule has 0 aliphatic carbocycles. The largest absolute Gasteiger partial charge is 0.496 e. The van der Waals surface area contributed by atoms with Crippen molar-refractivity contribution in [1.29, 1.82) is 0 Å². The Kier molecular flexibility index (Phi) is 6.82. The number of para-hydroxylation sites is 1. The number of Topliss-reactive ketones (excluding diaryl/α,β-unsaturated/α-hetero) is 1. The Labute approximate surface area is 174 Å². The number of methoxy groups -OCH3 is 1. The summed E-state index contributed by atoms with van der Waals surface area (Å²) in [4.78, 5) is 25.2. The number of hydrogen-bond donors (Lipinski definition) is 0. The van der Waals surface area contributed by atoms with Crippen LogP contribution in [0.2, 0.25) is 5.02 Å². The summed E-state index contributed by atoms with van der Waals surface area (Å²) in [6.45, 7) is -0.365. The Hall–Kier alpha value is -3.37. The van der Waals surface area contributed by atoms with Crippen molar-refractivity contribution in [3.63, 3.8) is 0 Å². The molecule has 0 aliphatic rings. The van der Waals surface area contributed by atoms with E-state index >= 15 is 0 Å². The molecular formula is C24H19ClO4. The van der Waals surface area contributed by atoms with Gasteiger partial charge in [-0.2, -0.15) is 0 Å². The Balaban J connectivity index is 1.84. The maximum atomic E-state index is 12.8. The van der Waals surface area contributed by atoms with E-state index in [9.17, 15) is 9.59 Å². The van der Waals surface area contributed by atoms with Gasteiger partial charge in [-0.25, -0.2) is 4.79 Å². The van der Waals surface area contributed by atoms with Crippen LogP contribution in [0.4, 0.5) is 0 Å². The normalized spacial score (nSPS) is 11.0. The fraction of sp³-hybridized carbons (Fsp3) is 0.0833. The number of hydrogen-bond acceptors (Lipinski definition) is 4. The van der Waals surface area contributed by atoms with E-state index < -0.39 is 5.97 Å². The van der Waals surface area contributed by atoms with E-state index in [1.807, 2.05) is 54.6 Å².